The minimum absolute atomic E-state index is 0. The van der Waals surface area contributed by atoms with Crippen LogP contribution >= 0.6 is 0 Å². The van der Waals surface area contributed by atoms with Gasteiger partial charge in [0.25, 0.3) is 0 Å². The van der Waals surface area contributed by atoms with Crippen molar-refractivity contribution in [1.29, 1.82) is 0 Å². The molecule has 0 spiro atoms. The van der Waals surface area contributed by atoms with E-state index in [1.54, 1.807) is 0 Å². The van der Waals surface area contributed by atoms with Crippen LogP contribution in [-0.4, -0.2) is 50.0 Å². The molecule has 0 bridgehead atoms. The summed E-state index contributed by atoms with van der Waals surface area (Å²) in [6, 6.07) is 0. The molecule has 0 radical (unpaired) electrons. The van der Waals surface area contributed by atoms with E-state index in [1.165, 1.54) is 0 Å². The van der Waals surface area contributed by atoms with E-state index in [9.17, 15) is 0 Å². The third-order valence-corrected chi connectivity index (χ3v) is 0. The quantitative estimate of drug-likeness (QED) is 0.374. The number of carbonyl (C=O) groups excluding carboxylic acids is 2. The Morgan fingerprint density at radius 2 is 0.800 bits per heavy atom. The third kappa shape index (κ3) is 5130. The Hall–Kier alpha value is 0.293. The minimum atomic E-state index is -2.33. The summed E-state index contributed by atoms with van der Waals surface area (Å²) >= 11 is 0. The molecule has 0 atom stereocenters. The van der Waals surface area contributed by atoms with Gasteiger partial charge in [-0.25, -0.2) is 0 Å². The molecular formula is C2CaNiO6. The molecule has 0 heterocycles. The van der Waals surface area contributed by atoms with Crippen molar-refractivity contribution in [2.24, 2.45) is 0 Å². The van der Waals surface area contributed by atoms with Gasteiger partial charge in [-0.3, -0.25) is 0 Å². The maximum Gasteiger partial charge on any atom is 2.00 e. The van der Waals surface area contributed by atoms with Gasteiger partial charge in [-0.05, 0) is 12.3 Å². The summed E-state index contributed by atoms with van der Waals surface area (Å²) in [7, 11) is 0. The van der Waals surface area contributed by atoms with Gasteiger partial charge in [0.05, 0.1) is 0 Å². The van der Waals surface area contributed by atoms with Gasteiger partial charge in [0, 0.05) is 0 Å². The number of hydrogen-bond acceptors (Lipinski definition) is 6. The summed E-state index contributed by atoms with van der Waals surface area (Å²) in [5.41, 5.74) is 0. The van der Waals surface area contributed by atoms with Crippen LogP contribution in [0.2, 0.25) is 0 Å². The number of rotatable bonds is 0. The average molecular weight is 219 g/mol. The van der Waals surface area contributed by atoms with E-state index in [0.717, 1.165) is 0 Å². The van der Waals surface area contributed by atoms with Crippen LogP contribution in [0.25, 0.3) is 0 Å². The van der Waals surface area contributed by atoms with Gasteiger partial charge in [-0.15, -0.1) is 0 Å². The molecule has 0 rings (SSSR count). The topological polar surface area (TPSA) is 126 Å². The molecule has 0 saturated carbocycles. The first-order chi connectivity index (χ1) is 3.46. The fourth-order valence-electron chi connectivity index (χ4n) is 0. The first kappa shape index (κ1) is 22.4. The van der Waals surface area contributed by atoms with E-state index < -0.39 is 12.3 Å². The molecule has 0 aromatic carbocycles. The number of hydrogen-bond donors (Lipinski definition) is 0. The van der Waals surface area contributed by atoms with Gasteiger partial charge in [0.2, 0.25) is 0 Å². The number of carboxylic acid groups (broad SMARTS) is 4. The van der Waals surface area contributed by atoms with Crippen LogP contribution in [0.4, 0.5) is 9.59 Å². The predicted octanol–water partition coefficient (Wildman–Crippen LogP) is -5.28. The van der Waals surface area contributed by atoms with Crippen molar-refractivity contribution in [2.45, 2.75) is 0 Å². The predicted molar refractivity (Wildman–Crippen MR) is 16.5 cm³/mol. The van der Waals surface area contributed by atoms with Gasteiger partial charge in [-0.2, -0.15) is 0 Å². The summed E-state index contributed by atoms with van der Waals surface area (Å²) < 4.78 is 0. The summed E-state index contributed by atoms with van der Waals surface area (Å²) in [5.74, 6) is 0. The zero-order valence-corrected chi connectivity index (χ0v) is 7.67. The molecule has 0 aliphatic rings. The molecule has 0 N–H and O–H groups in total. The monoisotopic (exact) mass is 218 g/mol. The average Bonchev–Trinajstić information content (AvgIpc) is 1.25. The van der Waals surface area contributed by atoms with Crippen LogP contribution in [0.3, 0.4) is 0 Å². The molecule has 0 aromatic heterocycles. The van der Waals surface area contributed by atoms with Crippen molar-refractivity contribution < 1.29 is 46.5 Å². The van der Waals surface area contributed by atoms with Crippen molar-refractivity contribution >= 4 is 50.0 Å². The van der Waals surface area contributed by atoms with Gasteiger partial charge in [0.1, 0.15) is 0 Å². The molecule has 6 nitrogen and oxygen atoms in total. The fraction of sp³-hybridized carbons (Fsp3) is 0. The first-order valence-corrected chi connectivity index (χ1v) is 1.22. The van der Waals surface area contributed by atoms with Crippen molar-refractivity contribution in [3.63, 3.8) is 0 Å². The fourth-order valence-corrected chi connectivity index (χ4v) is 0. The zero-order valence-electron chi connectivity index (χ0n) is 4.47. The van der Waals surface area contributed by atoms with Gasteiger partial charge in [0.15, 0.2) is 0 Å². The van der Waals surface area contributed by atoms with E-state index in [-0.39, 0.29) is 54.2 Å². The first-order valence-electron chi connectivity index (χ1n) is 1.22. The second-order valence-electron chi connectivity index (χ2n) is 0.500. The van der Waals surface area contributed by atoms with Crippen LogP contribution < -0.4 is 20.4 Å². The molecule has 0 aromatic rings. The molecule has 0 saturated heterocycles. The zero-order chi connectivity index (χ0) is 7.15. The van der Waals surface area contributed by atoms with E-state index in [0.29, 0.717) is 0 Å². The van der Waals surface area contributed by atoms with Gasteiger partial charge >= 0.3 is 54.2 Å². The van der Waals surface area contributed by atoms with Crippen molar-refractivity contribution in [2.75, 3.05) is 0 Å². The summed E-state index contributed by atoms with van der Waals surface area (Å²) in [4.78, 5) is 16.7. The largest absolute Gasteiger partial charge is 2.00 e. The molecule has 0 aliphatic carbocycles. The third-order valence-electron chi connectivity index (χ3n) is 0. The van der Waals surface area contributed by atoms with Crippen LogP contribution in [0.15, 0.2) is 0 Å². The molecule has 0 amide bonds. The van der Waals surface area contributed by atoms with Crippen molar-refractivity contribution in [3.8, 4) is 0 Å². The molecular weight excluding hydrogens is 219 g/mol. The SMILES string of the molecule is O=C([O-])[O-].O=C([O-])[O-].[Ca+2].[Ni+2]. The van der Waals surface area contributed by atoms with E-state index in [2.05, 4.69) is 0 Å². The van der Waals surface area contributed by atoms with Crippen LogP contribution in [0, 0.1) is 0 Å². The second-order valence-corrected chi connectivity index (χ2v) is 0.500. The Morgan fingerprint density at radius 1 is 0.800 bits per heavy atom. The van der Waals surface area contributed by atoms with Crippen LogP contribution in [0.5, 0.6) is 0 Å². The molecule has 0 aliphatic heterocycles. The van der Waals surface area contributed by atoms with Crippen LogP contribution in [0.1, 0.15) is 0 Å². The van der Waals surface area contributed by atoms with Crippen molar-refractivity contribution in [1.82, 2.24) is 0 Å². The Bertz CT molecular complexity index is 73.7. The number of carbonyl (C=O) groups is 2. The maximum absolute atomic E-state index is 8.33. The Morgan fingerprint density at radius 3 is 0.800 bits per heavy atom. The van der Waals surface area contributed by atoms with E-state index in [4.69, 9.17) is 30.0 Å². The summed E-state index contributed by atoms with van der Waals surface area (Å²) in [6.45, 7) is 0. The summed E-state index contributed by atoms with van der Waals surface area (Å²) in [5, 5.41) is 33.3. The second kappa shape index (κ2) is 16.1. The van der Waals surface area contributed by atoms with Gasteiger partial charge < -0.3 is 30.0 Å². The minimum Gasteiger partial charge on any atom is -0.652 e. The Labute approximate surface area is 95.8 Å². The summed E-state index contributed by atoms with van der Waals surface area (Å²) in [6.07, 6.45) is -4.67. The van der Waals surface area contributed by atoms with Crippen molar-refractivity contribution in [3.05, 3.63) is 0 Å². The van der Waals surface area contributed by atoms with E-state index in [1.807, 2.05) is 0 Å². The smallest absolute Gasteiger partial charge is 0.652 e. The van der Waals surface area contributed by atoms with Crippen LogP contribution in [-0.2, 0) is 16.5 Å². The molecule has 10 heavy (non-hydrogen) atoms. The Balaban J connectivity index is -0.0000000300. The van der Waals surface area contributed by atoms with E-state index >= 15 is 0 Å². The molecule has 0 unspecified atom stereocenters. The van der Waals surface area contributed by atoms with Gasteiger partial charge in [-0.1, -0.05) is 0 Å². The Kier molecular flexibility index (Phi) is 36.2. The normalized spacial score (nSPS) is 4.80. The maximum atomic E-state index is 8.33. The standard InChI is InChI=1S/2CH2O3.Ca.Ni/c2*2-1(3)4;;/h2*(H2,2,3,4);;/q;;2*+2/p-4. The molecule has 8 heteroatoms. The molecule has 0 fully saturated rings. The molecule has 56 valence electrons.